The number of rotatable bonds is 10. The first-order valence-corrected chi connectivity index (χ1v) is 10.1. The van der Waals surface area contributed by atoms with Crippen molar-refractivity contribution in [2.75, 3.05) is 36.2 Å². The molecular formula is C20H23ClN4O5S. The fourth-order valence-electron chi connectivity index (χ4n) is 2.56. The summed E-state index contributed by atoms with van der Waals surface area (Å²) in [5.41, 5.74) is 1.95. The number of thiocarbonyl (C=S) groups is 1. The molecule has 31 heavy (non-hydrogen) atoms. The maximum absolute atomic E-state index is 11.1. The minimum Gasteiger partial charge on any atom is -0.494 e. The van der Waals surface area contributed by atoms with E-state index in [1.165, 1.54) is 14.0 Å². The molecule has 11 heteroatoms. The number of nitrogens with one attached hydrogen (secondary N) is 3. The summed E-state index contributed by atoms with van der Waals surface area (Å²) in [5.74, 6) is 0.735. The molecule has 0 aromatic heterocycles. The number of anilines is 3. The van der Waals surface area contributed by atoms with Gasteiger partial charge in [-0.05, 0) is 49.0 Å². The van der Waals surface area contributed by atoms with Gasteiger partial charge in [-0.15, -0.1) is 0 Å². The number of carbonyl (C=O) groups is 1. The Bertz CT molecular complexity index is 940. The third-order valence-corrected chi connectivity index (χ3v) is 4.46. The average molecular weight is 467 g/mol. The predicted octanol–water partition coefficient (Wildman–Crippen LogP) is 4.55. The van der Waals surface area contributed by atoms with Crippen molar-refractivity contribution >= 4 is 51.9 Å². The van der Waals surface area contributed by atoms with Crippen LogP contribution >= 0.6 is 23.8 Å². The molecule has 1 amide bonds. The smallest absolute Gasteiger partial charge is 0.221 e. The average Bonchev–Trinajstić information content (AvgIpc) is 2.70. The van der Waals surface area contributed by atoms with E-state index in [-0.39, 0.29) is 17.4 Å². The number of nitrogens with zero attached hydrogens (tertiary/aromatic N) is 1. The number of hydrogen-bond acceptors (Lipinski definition) is 6. The summed E-state index contributed by atoms with van der Waals surface area (Å²) >= 11 is 11.6. The summed E-state index contributed by atoms with van der Waals surface area (Å²) in [5, 5.41) is 19.8. The van der Waals surface area contributed by atoms with Crippen LogP contribution < -0.4 is 25.4 Å². The second-order valence-corrected chi connectivity index (χ2v) is 7.25. The number of hydrogen-bond donors (Lipinski definition) is 3. The van der Waals surface area contributed by atoms with Crippen molar-refractivity contribution in [1.29, 1.82) is 0 Å². The van der Waals surface area contributed by atoms with Crippen LogP contribution in [0.15, 0.2) is 36.4 Å². The first-order chi connectivity index (χ1) is 14.8. The van der Waals surface area contributed by atoms with Gasteiger partial charge in [0.05, 0.1) is 24.4 Å². The van der Waals surface area contributed by atoms with E-state index in [9.17, 15) is 14.9 Å². The van der Waals surface area contributed by atoms with Gasteiger partial charge in [-0.2, -0.15) is 0 Å². The van der Waals surface area contributed by atoms with Crippen LogP contribution in [-0.2, 0) is 4.79 Å². The van der Waals surface area contributed by atoms with Crippen molar-refractivity contribution in [2.45, 2.75) is 19.8 Å². The van der Waals surface area contributed by atoms with E-state index in [2.05, 4.69) is 16.0 Å². The number of halogens is 1. The molecular weight excluding hydrogens is 444 g/mol. The zero-order valence-corrected chi connectivity index (χ0v) is 18.6. The second kappa shape index (κ2) is 11.9. The van der Waals surface area contributed by atoms with Gasteiger partial charge in [0.2, 0.25) is 12.5 Å². The van der Waals surface area contributed by atoms with Gasteiger partial charge in [-0.25, -0.2) is 0 Å². The van der Waals surface area contributed by atoms with E-state index >= 15 is 0 Å². The van der Waals surface area contributed by atoms with Crippen molar-refractivity contribution in [2.24, 2.45) is 0 Å². The van der Waals surface area contributed by atoms with Crippen LogP contribution in [0.25, 0.3) is 0 Å². The molecule has 166 valence electrons. The quantitative estimate of drug-likeness (QED) is 0.202. The van der Waals surface area contributed by atoms with Crippen molar-refractivity contribution < 1.29 is 19.2 Å². The normalized spacial score (nSPS) is 10.2. The Hall–Kier alpha value is -3.11. The van der Waals surface area contributed by atoms with Gasteiger partial charge in [-0.1, -0.05) is 11.6 Å². The van der Waals surface area contributed by atoms with Crippen LogP contribution in [0.5, 0.6) is 11.5 Å². The molecule has 0 bridgehead atoms. The van der Waals surface area contributed by atoms with Gasteiger partial charge >= 0.3 is 0 Å². The molecule has 0 aliphatic carbocycles. The summed E-state index contributed by atoms with van der Waals surface area (Å²) in [4.78, 5) is 21.1. The molecule has 0 aliphatic heterocycles. The Morgan fingerprint density at radius 2 is 1.74 bits per heavy atom. The number of benzene rings is 2. The highest BCUT2D eigenvalue weighted by molar-refractivity contribution is 7.80. The highest BCUT2D eigenvalue weighted by Gasteiger charge is 2.12. The van der Waals surface area contributed by atoms with E-state index in [0.717, 1.165) is 5.69 Å². The molecule has 0 heterocycles. The monoisotopic (exact) mass is 466 g/mol. The van der Waals surface area contributed by atoms with Crippen molar-refractivity contribution in [1.82, 2.24) is 0 Å². The number of carbonyl (C=O) groups excluding carboxylic acids is 1. The molecule has 0 aliphatic rings. The lowest BCUT2D eigenvalue weighted by molar-refractivity contribution is -0.480. The number of ether oxygens (including phenoxy) is 2. The molecule has 2 aromatic rings. The lowest BCUT2D eigenvalue weighted by Crippen LogP contribution is -2.19. The Kier molecular flexibility index (Phi) is 9.29. The largest absolute Gasteiger partial charge is 0.494 e. The van der Waals surface area contributed by atoms with E-state index in [1.54, 1.807) is 36.4 Å². The number of nitro groups is 1. The van der Waals surface area contributed by atoms with Crippen LogP contribution in [0.4, 0.5) is 17.1 Å². The summed E-state index contributed by atoms with van der Waals surface area (Å²) < 4.78 is 11.0. The molecule has 2 rings (SSSR count). The fraction of sp³-hybridized carbons (Fsp3) is 0.300. The highest BCUT2D eigenvalue weighted by atomic mass is 35.5. The molecule has 0 fully saturated rings. The summed E-state index contributed by atoms with van der Waals surface area (Å²) in [6.45, 7) is 1.65. The maximum Gasteiger partial charge on any atom is 0.221 e. The summed E-state index contributed by atoms with van der Waals surface area (Å²) in [7, 11) is 1.51. The molecule has 0 atom stereocenters. The molecule has 0 saturated heterocycles. The Balaban J connectivity index is 1.97. The lowest BCUT2D eigenvalue weighted by Gasteiger charge is -2.16. The molecule has 9 nitrogen and oxygen atoms in total. The van der Waals surface area contributed by atoms with Crippen molar-refractivity contribution in [3.63, 3.8) is 0 Å². The Morgan fingerprint density at radius 1 is 1.10 bits per heavy atom. The fourth-order valence-corrected chi connectivity index (χ4v) is 3.01. The van der Waals surface area contributed by atoms with E-state index < -0.39 is 0 Å². The van der Waals surface area contributed by atoms with Crippen molar-refractivity contribution in [3.05, 3.63) is 51.5 Å². The first-order valence-electron chi connectivity index (χ1n) is 9.36. The van der Waals surface area contributed by atoms with Gasteiger partial charge < -0.3 is 25.4 Å². The zero-order valence-electron chi connectivity index (χ0n) is 17.1. The van der Waals surface area contributed by atoms with Gasteiger partial charge in [0.15, 0.2) is 5.11 Å². The number of unbranched alkanes of at least 4 members (excludes halogenated alkanes) is 1. The minimum absolute atomic E-state index is 0.0936. The Labute approximate surface area is 190 Å². The van der Waals surface area contributed by atoms with Crippen LogP contribution in [0, 0.1) is 10.1 Å². The third kappa shape index (κ3) is 8.27. The SMILES string of the molecule is COc1cc(OCCCC[N+](=O)[O-])c(Cl)cc1NC(=S)Nc1ccc(NC(C)=O)cc1. The van der Waals surface area contributed by atoms with Gasteiger partial charge in [0.1, 0.15) is 11.5 Å². The van der Waals surface area contributed by atoms with Crippen molar-refractivity contribution in [3.8, 4) is 11.5 Å². The molecule has 2 aromatic carbocycles. The van der Waals surface area contributed by atoms with E-state index in [0.29, 0.717) is 52.5 Å². The van der Waals surface area contributed by atoms with Crippen LogP contribution in [0.1, 0.15) is 19.8 Å². The molecule has 3 N–H and O–H groups in total. The lowest BCUT2D eigenvalue weighted by atomic mass is 10.2. The molecule has 0 saturated carbocycles. The predicted molar refractivity (Wildman–Crippen MR) is 125 cm³/mol. The number of methoxy groups -OCH3 is 1. The summed E-state index contributed by atoms with van der Waals surface area (Å²) in [6.07, 6.45) is 0.960. The summed E-state index contributed by atoms with van der Waals surface area (Å²) in [6, 6.07) is 10.3. The third-order valence-electron chi connectivity index (χ3n) is 3.96. The van der Waals surface area contributed by atoms with E-state index in [4.69, 9.17) is 33.3 Å². The van der Waals surface area contributed by atoms with E-state index in [1.807, 2.05) is 0 Å². The molecule has 0 unspecified atom stereocenters. The number of amides is 1. The second-order valence-electron chi connectivity index (χ2n) is 6.43. The topological polar surface area (TPSA) is 115 Å². The van der Waals surface area contributed by atoms with Crippen LogP contribution in [-0.4, -0.2) is 36.2 Å². The molecule has 0 spiro atoms. The molecule has 0 radical (unpaired) electrons. The van der Waals surface area contributed by atoms with Gasteiger partial charge in [0, 0.05) is 35.7 Å². The highest BCUT2D eigenvalue weighted by Crippen LogP contribution is 2.36. The standard InChI is InChI=1S/C20H23ClN4O5S/c1-13(26)22-14-5-7-15(8-6-14)23-20(31)24-17-11-16(21)18(12-19(17)29-2)30-10-4-3-9-25(27)28/h5-8,11-12H,3-4,9-10H2,1-2H3,(H,22,26)(H2,23,24,31). The van der Waals surface area contributed by atoms with Gasteiger partial charge in [-0.3, -0.25) is 14.9 Å². The van der Waals surface area contributed by atoms with Crippen LogP contribution in [0.3, 0.4) is 0 Å². The zero-order chi connectivity index (χ0) is 22.8. The van der Waals surface area contributed by atoms with Crippen LogP contribution in [0.2, 0.25) is 5.02 Å². The maximum atomic E-state index is 11.1. The first kappa shape index (κ1) is 24.2. The van der Waals surface area contributed by atoms with Gasteiger partial charge in [0.25, 0.3) is 0 Å². The minimum atomic E-state index is -0.356. The Morgan fingerprint density at radius 3 is 2.32 bits per heavy atom.